The Morgan fingerprint density at radius 3 is 2.85 bits per heavy atom. The van der Waals surface area contributed by atoms with Crippen molar-refractivity contribution < 1.29 is 4.84 Å². The fourth-order valence-electron chi connectivity index (χ4n) is 2.98. The van der Waals surface area contributed by atoms with Gasteiger partial charge in [-0.05, 0) is 52.2 Å². The predicted octanol–water partition coefficient (Wildman–Crippen LogP) is 4.44. The lowest BCUT2D eigenvalue weighted by molar-refractivity contribution is 0.0854. The number of aryl methyl sites for hydroxylation is 2. The maximum Gasteiger partial charge on any atom is 0.125 e. The van der Waals surface area contributed by atoms with Gasteiger partial charge in [-0.3, -0.25) is 9.97 Å². The normalized spacial score (nSPS) is 15.2. The van der Waals surface area contributed by atoms with Crippen molar-refractivity contribution in [1.29, 1.82) is 0 Å². The van der Waals surface area contributed by atoms with Gasteiger partial charge in [-0.25, -0.2) is 9.97 Å². The molecule has 0 radical (unpaired) electrons. The van der Waals surface area contributed by atoms with Gasteiger partial charge >= 0.3 is 0 Å². The molecule has 3 heterocycles. The molecule has 138 valence electrons. The average Bonchev–Trinajstić information content (AvgIpc) is 3.08. The summed E-state index contributed by atoms with van der Waals surface area (Å²) in [6, 6.07) is 3.93. The molecule has 0 fully saturated rings. The van der Waals surface area contributed by atoms with Crippen molar-refractivity contribution in [2.75, 3.05) is 0 Å². The van der Waals surface area contributed by atoms with Gasteiger partial charge in [-0.2, -0.15) is 0 Å². The van der Waals surface area contributed by atoms with Gasteiger partial charge in [0.1, 0.15) is 28.2 Å². The van der Waals surface area contributed by atoms with E-state index in [9.17, 15) is 0 Å². The quantitative estimate of drug-likeness (QED) is 0.627. The molecule has 1 aliphatic rings. The van der Waals surface area contributed by atoms with E-state index in [2.05, 4.69) is 15.1 Å². The summed E-state index contributed by atoms with van der Waals surface area (Å²) in [6.45, 7) is 5.94. The minimum atomic E-state index is 0.0461. The van der Waals surface area contributed by atoms with E-state index in [-0.39, 0.29) is 6.10 Å². The fraction of sp³-hybridized carbons (Fsp3) is 0.350. The number of hydrogen-bond acceptors (Lipinski definition) is 7. The Hall–Kier alpha value is -2.67. The topological polar surface area (TPSA) is 73.2 Å². The number of fused-ring (bicyclic) bond motifs is 1. The molecule has 0 bridgehead atoms. The molecule has 0 aliphatic heterocycles. The van der Waals surface area contributed by atoms with Crippen LogP contribution in [-0.4, -0.2) is 31.8 Å². The highest BCUT2D eigenvalue weighted by atomic mass is 32.1. The Bertz CT molecular complexity index is 981. The van der Waals surface area contributed by atoms with Crippen LogP contribution in [0, 0.1) is 6.92 Å². The number of aromatic nitrogens is 4. The lowest BCUT2D eigenvalue weighted by Crippen LogP contribution is -2.17. The van der Waals surface area contributed by atoms with Crippen LogP contribution in [0.1, 0.15) is 43.8 Å². The van der Waals surface area contributed by atoms with E-state index in [0.717, 1.165) is 63.2 Å². The molecule has 6 nitrogen and oxygen atoms in total. The van der Waals surface area contributed by atoms with E-state index in [1.165, 1.54) is 0 Å². The monoisotopic (exact) mass is 379 g/mol. The van der Waals surface area contributed by atoms with Crippen LogP contribution in [0.15, 0.2) is 35.9 Å². The molecule has 0 N–H and O–H groups in total. The molecule has 0 saturated heterocycles. The summed E-state index contributed by atoms with van der Waals surface area (Å²) in [6.07, 6.45) is 8.29. The Kier molecular flexibility index (Phi) is 4.94. The highest BCUT2D eigenvalue weighted by molar-refractivity contribution is 7.18. The summed E-state index contributed by atoms with van der Waals surface area (Å²) in [5, 5.41) is 5.26. The van der Waals surface area contributed by atoms with Crippen LogP contribution in [-0.2, 0) is 11.3 Å². The first kappa shape index (κ1) is 17.7. The largest absolute Gasteiger partial charge is 0.393 e. The van der Waals surface area contributed by atoms with Crippen LogP contribution in [0.4, 0.5) is 0 Å². The van der Waals surface area contributed by atoms with Crippen LogP contribution in [0.3, 0.4) is 0 Å². The first-order valence-corrected chi connectivity index (χ1v) is 9.90. The van der Waals surface area contributed by atoms with Crippen molar-refractivity contribution in [3.63, 3.8) is 0 Å². The third-order valence-electron chi connectivity index (χ3n) is 4.26. The van der Waals surface area contributed by atoms with Gasteiger partial charge in [0.25, 0.3) is 0 Å². The zero-order chi connectivity index (χ0) is 18.8. The van der Waals surface area contributed by atoms with E-state index in [1.54, 1.807) is 17.5 Å². The van der Waals surface area contributed by atoms with Crippen LogP contribution in [0.2, 0.25) is 0 Å². The van der Waals surface area contributed by atoms with Gasteiger partial charge < -0.3 is 4.84 Å². The van der Waals surface area contributed by atoms with E-state index in [0.29, 0.717) is 0 Å². The molecule has 0 amide bonds. The second-order valence-corrected chi connectivity index (χ2v) is 7.77. The second-order valence-electron chi connectivity index (χ2n) is 6.77. The number of hydrogen-bond donors (Lipinski definition) is 0. The van der Waals surface area contributed by atoms with Gasteiger partial charge in [-0.1, -0.05) is 5.16 Å². The summed E-state index contributed by atoms with van der Waals surface area (Å²) in [4.78, 5) is 24.9. The van der Waals surface area contributed by atoms with Crippen LogP contribution in [0.5, 0.6) is 0 Å². The first-order chi connectivity index (χ1) is 13.1. The number of thiazole rings is 1. The summed E-state index contributed by atoms with van der Waals surface area (Å²) in [5.41, 5.74) is 5.52. The molecular weight excluding hydrogens is 358 g/mol. The third kappa shape index (κ3) is 3.73. The summed E-state index contributed by atoms with van der Waals surface area (Å²) >= 11 is 1.61. The molecular formula is C20H21N5OS. The summed E-state index contributed by atoms with van der Waals surface area (Å²) in [7, 11) is 0. The van der Waals surface area contributed by atoms with Gasteiger partial charge in [0.15, 0.2) is 0 Å². The Morgan fingerprint density at radius 2 is 2.07 bits per heavy atom. The summed E-state index contributed by atoms with van der Waals surface area (Å²) in [5.74, 6) is 0. The zero-order valence-corrected chi connectivity index (χ0v) is 16.5. The maximum atomic E-state index is 5.47. The molecule has 3 aromatic rings. The van der Waals surface area contributed by atoms with E-state index >= 15 is 0 Å². The van der Waals surface area contributed by atoms with E-state index in [1.807, 2.05) is 45.3 Å². The molecule has 0 spiro atoms. The number of oxime groups is 1. The second kappa shape index (κ2) is 7.52. The van der Waals surface area contributed by atoms with Gasteiger partial charge in [0.05, 0.1) is 22.5 Å². The number of pyridine rings is 1. The highest BCUT2D eigenvalue weighted by Gasteiger charge is 2.22. The maximum absolute atomic E-state index is 5.47. The van der Waals surface area contributed by atoms with Gasteiger partial charge in [-0.15, -0.1) is 11.3 Å². The van der Waals surface area contributed by atoms with Crippen molar-refractivity contribution >= 4 is 17.0 Å². The molecule has 1 aliphatic carbocycles. The lowest BCUT2D eigenvalue weighted by Gasteiger charge is -2.16. The lowest BCUT2D eigenvalue weighted by atomic mass is 9.98. The molecule has 0 unspecified atom stereocenters. The molecule has 27 heavy (non-hydrogen) atoms. The van der Waals surface area contributed by atoms with Crippen LogP contribution < -0.4 is 0 Å². The summed E-state index contributed by atoms with van der Waals surface area (Å²) < 4.78 is 0. The third-order valence-corrected chi connectivity index (χ3v) is 5.49. The van der Waals surface area contributed by atoms with Gasteiger partial charge in [0, 0.05) is 18.0 Å². The standard InChI is InChI=1S/C20H21N5OS/c1-12(2)26-25-16-8-4-7-15-18(16)24-17(11-22-15)19-13(3)23-20(27-19)14-6-5-9-21-10-14/h5-6,9-12H,4,7-8H2,1-3H3/b25-16+. The van der Waals surface area contributed by atoms with E-state index in [4.69, 9.17) is 14.8 Å². The minimum Gasteiger partial charge on any atom is -0.393 e. The molecule has 0 saturated carbocycles. The van der Waals surface area contributed by atoms with Crippen LogP contribution in [0.25, 0.3) is 21.1 Å². The first-order valence-electron chi connectivity index (χ1n) is 9.09. The highest BCUT2D eigenvalue weighted by Crippen LogP contribution is 2.34. The molecule has 3 aromatic heterocycles. The van der Waals surface area contributed by atoms with Crippen molar-refractivity contribution in [1.82, 2.24) is 19.9 Å². The zero-order valence-electron chi connectivity index (χ0n) is 15.6. The molecule has 0 atom stereocenters. The van der Waals surface area contributed by atoms with Crippen LogP contribution >= 0.6 is 11.3 Å². The Labute approximate surface area is 162 Å². The molecule has 7 heteroatoms. The molecule has 0 aromatic carbocycles. The average molecular weight is 379 g/mol. The molecule has 4 rings (SSSR count). The fourth-order valence-corrected chi connectivity index (χ4v) is 3.99. The number of rotatable bonds is 4. The van der Waals surface area contributed by atoms with E-state index < -0.39 is 0 Å². The van der Waals surface area contributed by atoms with Crippen molar-refractivity contribution in [3.8, 4) is 21.1 Å². The Morgan fingerprint density at radius 1 is 1.19 bits per heavy atom. The SMILES string of the molecule is Cc1nc(-c2cccnc2)sc1-c1cnc2c(n1)/C(=N/OC(C)C)CCC2. The van der Waals surface area contributed by atoms with Crippen molar-refractivity contribution in [2.24, 2.45) is 5.16 Å². The predicted molar refractivity (Wildman–Crippen MR) is 107 cm³/mol. The minimum absolute atomic E-state index is 0.0461. The number of nitrogens with zero attached hydrogens (tertiary/aromatic N) is 5. The van der Waals surface area contributed by atoms with Crippen molar-refractivity contribution in [2.45, 2.75) is 46.1 Å². The van der Waals surface area contributed by atoms with Gasteiger partial charge in [0.2, 0.25) is 0 Å². The Balaban J connectivity index is 1.73. The smallest absolute Gasteiger partial charge is 0.125 e. The van der Waals surface area contributed by atoms with Crippen molar-refractivity contribution in [3.05, 3.63) is 47.8 Å².